The third kappa shape index (κ3) is 4.78. The summed E-state index contributed by atoms with van der Waals surface area (Å²) in [5.41, 5.74) is 5.66. The van der Waals surface area contributed by atoms with Gasteiger partial charge in [-0.15, -0.1) is 17.9 Å². The first-order chi connectivity index (χ1) is 14.7. The Labute approximate surface area is 181 Å². The highest BCUT2D eigenvalue weighted by molar-refractivity contribution is 7.07. The first kappa shape index (κ1) is 20.3. The number of ether oxygens (including phenoxy) is 1. The fourth-order valence-electron chi connectivity index (χ4n) is 3.30. The zero-order valence-electron chi connectivity index (χ0n) is 17.2. The van der Waals surface area contributed by atoms with E-state index < -0.39 is 0 Å². The van der Waals surface area contributed by atoms with Gasteiger partial charge in [0.2, 0.25) is 4.80 Å². The fourth-order valence-corrected chi connectivity index (χ4v) is 4.15. The number of hydrogen-bond acceptors (Lipinski definition) is 5. The molecule has 0 atom stereocenters. The first-order valence-electron chi connectivity index (χ1n) is 10.1. The number of rotatable bonds is 6. The normalized spacial score (nSPS) is 15.1. The zero-order valence-corrected chi connectivity index (χ0v) is 18.0. The Morgan fingerprint density at radius 3 is 2.50 bits per heavy atom. The lowest BCUT2D eigenvalue weighted by atomic mass is 10.1. The molecule has 5 nitrogen and oxygen atoms in total. The summed E-state index contributed by atoms with van der Waals surface area (Å²) in [4.78, 5) is 7.81. The summed E-state index contributed by atoms with van der Waals surface area (Å²) in [6.45, 7) is 9.88. The third-order valence-electron chi connectivity index (χ3n) is 4.98. The summed E-state index contributed by atoms with van der Waals surface area (Å²) in [6.07, 6.45) is 3.68. The van der Waals surface area contributed by atoms with Crippen molar-refractivity contribution < 1.29 is 4.74 Å². The van der Waals surface area contributed by atoms with Crippen LogP contribution in [0.2, 0.25) is 0 Å². The van der Waals surface area contributed by atoms with Gasteiger partial charge >= 0.3 is 0 Å². The van der Waals surface area contributed by atoms with Crippen LogP contribution < -0.4 is 9.70 Å². The first-order valence-corrected chi connectivity index (χ1v) is 11.0. The Morgan fingerprint density at radius 2 is 1.80 bits per heavy atom. The van der Waals surface area contributed by atoms with Gasteiger partial charge in [-0.2, -0.15) is 5.10 Å². The Balaban J connectivity index is 1.62. The molecule has 2 heterocycles. The molecule has 0 saturated carbocycles. The molecule has 0 spiro atoms. The zero-order chi connectivity index (χ0) is 20.8. The lowest BCUT2D eigenvalue weighted by Crippen LogP contribution is -2.36. The van der Waals surface area contributed by atoms with Crippen LogP contribution in [-0.4, -0.2) is 43.7 Å². The topological polar surface area (TPSA) is 42.1 Å². The molecule has 4 rings (SSSR count). The molecule has 3 aromatic rings. The smallest absolute Gasteiger partial charge is 0.206 e. The number of hydrogen-bond donors (Lipinski definition) is 0. The molecule has 2 aromatic carbocycles. The van der Waals surface area contributed by atoms with Crippen molar-refractivity contribution in [3.63, 3.8) is 0 Å². The number of anilines is 1. The van der Waals surface area contributed by atoms with Crippen molar-refractivity contribution in [2.24, 2.45) is 10.1 Å². The Bertz CT molecular complexity index is 1070. The van der Waals surface area contributed by atoms with Crippen molar-refractivity contribution in [1.29, 1.82) is 0 Å². The molecule has 0 N–H and O–H groups in total. The molecule has 0 bridgehead atoms. The Hall–Kier alpha value is -2.96. The fraction of sp³-hybridized carbons (Fsp3) is 0.250. The van der Waals surface area contributed by atoms with Crippen molar-refractivity contribution in [3.05, 3.63) is 82.5 Å². The van der Waals surface area contributed by atoms with Crippen LogP contribution in [0, 0.1) is 6.92 Å². The second-order valence-corrected chi connectivity index (χ2v) is 7.98. The van der Waals surface area contributed by atoms with Crippen LogP contribution in [0.5, 0.6) is 0 Å². The second kappa shape index (κ2) is 9.69. The maximum Gasteiger partial charge on any atom is 0.206 e. The molecular weight excluding hydrogens is 392 g/mol. The van der Waals surface area contributed by atoms with E-state index in [2.05, 4.69) is 77.3 Å². The molecule has 1 aliphatic heterocycles. The monoisotopic (exact) mass is 418 g/mol. The standard InChI is InChI=1S/C24H26N4OS/c1-3-12-25-24-28(23(18-30-24)21-8-4-19(2)5-9-21)26-17-20-6-10-22(11-7-20)27-13-15-29-16-14-27/h3-11,17-18H,1,12-16H2,2H3. The predicted octanol–water partition coefficient (Wildman–Crippen LogP) is 4.33. The third-order valence-corrected chi connectivity index (χ3v) is 5.83. The van der Waals surface area contributed by atoms with Crippen molar-refractivity contribution in [1.82, 2.24) is 4.68 Å². The Morgan fingerprint density at radius 1 is 1.07 bits per heavy atom. The molecule has 6 heteroatoms. The summed E-state index contributed by atoms with van der Waals surface area (Å²) in [5, 5.41) is 6.87. The molecule has 0 amide bonds. The molecular formula is C24H26N4OS. The van der Waals surface area contributed by atoms with Gasteiger partial charge in [0.15, 0.2) is 0 Å². The van der Waals surface area contributed by atoms with Crippen LogP contribution in [0.15, 0.2) is 76.7 Å². The highest BCUT2D eigenvalue weighted by atomic mass is 32.1. The summed E-state index contributed by atoms with van der Waals surface area (Å²) in [7, 11) is 0. The van der Waals surface area contributed by atoms with E-state index in [0.29, 0.717) is 6.54 Å². The second-order valence-electron chi connectivity index (χ2n) is 7.15. The van der Waals surface area contributed by atoms with E-state index in [-0.39, 0.29) is 0 Å². The summed E-state index contributed by atoms with van der Waals surface area (Å²) in [6, 6.07) is 17.0. The van der Waals surface area contributed by atoms with Crippen LogP contribution in [0.4, 0.5) is 5.69 Å². The van der Waals surface area contributed by atoms with Crippen molar-refractivity contribution >= 4 is 23.2 Å². The SMILES string of the molecule is C=CCN=c1scc(-c2ccc(C)cc2)n1N=Cc1ccc(N2CCOCC2)cc1. The predicted molar refractivity (Wildman–Crippen MR) is 126 cm³/mol. The minimum absolute atomic E-state index is 0.567. The van der Waals surface area contributed by atoms with Gasteiger partial charge in [-0.25, -0.2) is 4.68 Å². The largest absolute Gasteiger partial charge is 0.378 e. The number of aromatic nitrogens is 1. The quantitative estimate of drug-likeness (QED) is 0.442. The molecule has 154 valence electrons. The maximum absolute atomic E-state index is 5.44. The molecule has 30 heavy (non-hydrogen) atoms. The molecule has 1 aromatic heterocycles. The van der Waals surface area contributed by atoms with Crippen LogP contribution in [0.1, 0.15) is 11.1 Å². The van der Waals surface area contributed by atoms with E-state index in [0.717, 1.165) is 47.9 Å². The van der Waals surface area contributed by atoms with Crippen LogP contribution >= 0.6 is 11.3 Å². The van der Waals surface area contributed by atoms with E-state index in [1.807, 2.05) is 10.9 Å². The molecule has 1 fully saturated rings. The summed E-state index contributed by atoms with van der Waals surface area (Å²) in [5.74, 6) is 0. The van der Waals surface area contributed by atoms with Gasteiger partial charge in [-0.1, -0.05) is 48.0 Å². The van der Waals surface area contributed by atoms with Gasteiger partial charge in [0.05, 0.1) is 31.7 Å². The van der Waals surface area contributed by atoms with E-state index in [1.54, 1.807) is 17.4 Å². The summed E-state index contributed by atoms with van der Waals surface area (Å²) < 4.78 is 7.35. The lowest BCUT2D eigenvalue weighted by molar-refractivity contribution is 0.122. The molecule has 1 aliphatic rings. The van der Waals surface area contributed by atoms with Gasteiger partial charge in [-0.3, -0.25) is 4.99 Å². The van der Waals surface area contributed by atoms with E-state index >= 15 is 0 Å². The van der Waals surface area contributed by atoms with E-state index in [9.17, 15) is 0 Å². The number of benzene rings is 2. The van der Waals surface area contributed by atoms with E-state index in [4.69, 9.17) is 9.84 Å². The lowest BCUT2D eigenvalue weighted by Gasteiger charge is -2.28. The molecule has 0 unspecified atom stereocenters. The molecule has 0 aliphatic carbocycles. The minimum Gasteiger partial charge on any atom is -0.378 e. The number of nitrogens with zero attached hydrogens (tertiary/aromatic N) is 4. The number of thiazole rings is 1. The number of morpholine rings is 1. The van der Waals surface area contributed by atoms with Crippen LogP contribution in [-0.2, 0) is 4.74 Å². The highest BCUT2D eigenvalue weighted by Gasteiger charge is 2.11. The van der Waals surface area contributed by atoms with Crippen molar-refractivity contribution in [2.45, 2.75) is 6.92 Å². The van der Waals surface area contributed by atoms with Crippen LogP contribution in [0.3, 0.4) is 0 Å². The van der Waals surface area contributed by atoms with Gasteiger partial charge in [0, 0.05) is 29.7 Å². The van der Waals surface area contributed by atoms with Gasteiger partial charge in [0.25, 0.3) is 0 Å². The Kier molecular flexibility index (Phi) is 6.57. The average molecular weight is 419 g/mol. The van der Waals surface area contributed by atoms with Crippen molar-refractivity contribution in [2.75, 3.05) is 37.7 Å². The average Bonchev–Trinajstić information content (AvgIpc) is 3.20. The minimum atomic E-state index is 0.567. The van der Waals surface area contributed by atoms with Crippen LogP contribution in [0.25, 0.3) is 11.3 Å². The number of aryl methyl sites for hydroxylation is 1. The van der Waals surface area contributed by atoms with Gasteiger partial charge < -0.3 is 9.64 Å². The molecule has 0 radical (unpaired) electrons. The van der Waals surface area contributed by atoms with Gasteiger partial charge in [-0.05, 0) is 24.6 Å². The maximum atomic E-state index is 5.44. The van der Waals surface area contributed by atoms with Crippen molar-refractivity contribution in [3.8, 4) is 11.3 Å². The van der Waals surface area contributed by atoms with E-state index in [1.165, 1.54) is 11.3 Å². The molecule has 1 saturated heterocycles. The highest BCUT2D eigenvalue weighted by Crippen LogP contribution is 2.21. The summed E-state index contributed by atoms with van der Waals surface area (Å²) >= 11 is 1.59. The van der Waals surface area contributed by atoms with Gasteiger partial charge in [0.1, 0.15) is 0 Å².